The van der Waals surface area contributed by atoms with Crippen LogP contribution < -0.4 is 10.9 Å². The van der Waals surface area contributed by atoms with Gasteiger partial charge >= 0.3 is 6.03 Å². The van der Waals surface area contributed by atoms with Crippen molar-refractivity contribution in [1.82, 2.24) is 14.4 Å². The molecule has 2 heterocycles. The maximum absolute atomic E-state index is 12.2. The third-order valence-corrected chi connectivity index (χ3v) is 3.60. The van der Waals surface area contributed by atoms with Crippen molar-refractivity contribution in [3.63, 3.8) is 0 Å². The van der Waals surface area contributed by atoms with Crippen molar-refractivity contribution >= 4 is 17.6 Å². The molecule has 1 atom stereocenters. The molecule has 2 N–H and O–H groups in total. The van der Waals surface area contributed by atoms with Crippen LogP contribution in [0.1, 0.15) is 6.92 Å². The number of aliphatic hydroxyl groups excluding tert-OH is 1. The average Bonchev–Trinajstić information content (AvgIpc) is 2.51. The monoisotopic (exact) mass is 308 g/mol. The van der Waals surface area contributed by atoms with E-state index in [1.807, 2.05) is 0 Å². The van der Waals surface area contributed by atoms with E-state index in [0.717, 1.165) is 0 Å². The second kappa shape index (κ2) is 6.61. The highest BCUT2D eigenvalue weighted by molar-refractivity contribution is 5.89. The molecule has 120 valence electrons. The Kier molecular flexibility index (Phi) is 4.81. The van der Waals surface area contributed by atoms with Crippen LogP contribution in [0.5, 0.6) is 0 Å². The number of anilines is 1. The molecule has 8 nitrogen and oxygen atoms in total. The lowest BCUT2D eigenvalue weighted by molar-refractivity contribution is -0.140. The minimum Gasteiger partial charge on any atom is -0.384 e. The quantitative estimate of drug-likeness (QED) is 0.766. The van der Waals surface area contributed by atoms with Gasteiger partial charge in [0.2, 0.25) is 0 Å². The Labute approximate surface area is 127 Å². The van der Waals surface area contributed by atoms with Crippen LogP contribution in [0.25, 0.3) is 0 Å². The Bertz CT molecular complexity index is 618. The van der Waals surface area contributed by atoms with Crippen molar-refractivity contribution in [3.05, 3.63) is 28.7 Å². The maximum Gasteiger partial charge on any atom is 0.322 e. The van der Waals surface area contributed by atoms with E-state index in [1.54, 1.807) is 25.4 Å². The Morgan fingerprint density at radius 3 is 2.41 bits per heavy atom. The Hall–Kier alpha value is -2.35. The molecule has 0 spiro atoms. The van der Waals surface area contributed by atoms with Gasteiger partial charge in [-0.3, -0.25) is 9.59 Å². The van der Waals surface area contributed by atoms with E-state index < -0.39 is 6.10 Å². The molecular formula is C14H20N4O4. The van der Waals surface area contributed by atoms with Gasteiger partial charge in [-0.2, -0.15) is 0 Å². The molecule has 1 aromatic heterocycles. The molecule has 1 fully saturated rings. The predicted octanol–water partition coefficient (Wildman–Crippen LogP) is -0.558. The van der Waals surface area contributed by atoms with E-state index in [1.165, 1.54) is 21.3 Å². The van der Waals surface area contributed by atoms with Crippen LogP contribution in [0.4, 0.5) is 10.5 Å². The number of pyridine rings is 1. The fourth-order valence-corrected chi connectivity index (χ4v) is 2.28. The van der Waals surface area contributed by atoms with Crippen molar-refractivity contribution in [2.45, 2.75) is 13.0 Å². The van der Waals surface area contributed by atoms with Crippen molar-refractivity contribution in [3.8, 4) is 0 Å². The van der Waals surface area contributed by atoms with Gasteiger partial charge in [0.05, 0.1) is 0 Å². The van der Waals surface area contributed by atoms with Gasteiger partial charge in [0.1, 0.15) is 11.8 Å². The topological polar surface area (TPSA) is 94.9 Å². The number of nitrogens with zero attached hydrogens (tertiary/aromatic N) is 3. The number of nitrogens with one attached hydrogen (secondary N) is 1. The highest BCUT2D eigenvalue weighted by Gasteiger charge is 2.26. The molecule has 1 aliphatic heterocycles. The number of urea groups is 1. The normalized spacial score (nSPS) is 16.3. The van der Waals surface area contributed by atoms with Crippen LogP contribution >= 0.6 is 0 Å². The standard InChI is InChI=1S/C14H20N4O4/c1-10(19)12(20)17-6-8-18(9-7-17)14(22)15-11-4-3-5-16(2)13(11)21/h3-5,10,19H,6-9H2,1-2H3,(H,15,22). The number of carbonyl (C=O) groups is 2. The zero-order valence-electron chi connectivity index (χ0n) is 12.7. The summed E-state index contributed by atoms with van der Waals surface area (Å²) in [5, 5.41) is 11.9. The summed E-state index contributed by atoms with van der Waals surface area (Å²) in [7, 11) is 1.61. The molecule has 2 rings (SSSR count). The summed E-state index contributed by atoms with van der Waals surface area (Å²) in [4.78, 5) is 38.7. The zero-order chi connectivity index (χ0) is 16.3. The Morgan fingerprint density at radius 1 is 1.23 bits per heavy atom. The lowest BCUT2D eigenvalue weighted by Gasteiger charge is -2.35. The van der Waals surface area contributed by atoms with Crippen LogP contribution in [0.15, 0.2) is 23.1 Å². The van der Waals surface area contributed by atoms with Gasteiger partial charge in [0.25, 0.3) is 11.5 Å². The maximum atomic E-state index is 12.2. The molecule has 1 saturated heterocycles. The minimum absolute atomic E-state index is 0.220. The lowest BCUT2D eigenvalue weighted by Crippen LogP contribution is -2.53. The van der Waals surface area contributed by atoms with Gasteiger partial charge in [0.15, 0.2) is 0 Å². The van der Waals surface area contributed by atoms with E-state index in [4.69, 9.17) is 0 Å². The first-order chi connectivity index (χ1) is 10.4. The van der Waals surface area contributed by atoms with Crippen LogP contribution in [0, 0.1) is 0 Å². The second-order valence-electron chi connectivity index (χ2n) is 5.26. The van der Waals surface area contributed by atoms with E-state index >= 15 is 0 Å². The van der Waals surface area contributed by atoms with Crippen LogP contribution in [-0.2, 0) is 11.8 Å². The highest BCUT2D eigenvalue weighted by Crippen LogP contribution is 2.07. The molecule has 0 aromatic carbocycles. The smallest absolute Gasteiger partial charge is 0.322 e. The molecule has 0 aliphatic carbocycles. The van der Waals surface area contributed by atoms with E-state index in [0.29, 0.717) is 26.2 Å². The summed E-state index contributed by atoms with van der Waals surface area (Å²) in [5.74, 6) is -0.336. The summed E-state index contributed by atoms with van der Waals surface area (Å²) >= 11 is 0. The fourth-order valence-electron chi connectivity index (χ4n) is 2.28. The van der Waals surface area contributed by atoms with Gasteiger partial charge in [-0.05, 0) is 19.1 Å². The first kappa shape index (κ1) is 16.0. The van der Waals surface area contributed by atoms with E-state index in [9.17, 15) is 19.5 Å². The third-order valence-electron chi connectivity index (χ3n) is 3.60. The first-order valence-corrected chi connectivity index (χ1v) is 7.08. The van der Waals surface area contributed by atoms with Gasteiger partial charge in [-0.25, -0.2) is 4.79 Å². The summed E-state index contributed by atoms with van der Waals surface area (Å²) in [6.45, 7) is 2.87. The molecule has 0 saturated carbocycles. The largest absolute Gasteiger partial charge is 0.384 e. The number of hydrogen-bond acceptors (Lipinski definition) is 4. The molecule has 0 radical (unpaired) electrons. The zero-order valence-corrected chi connectivity index (χ0v) is 12.7. The van der Waals surface area contributed by atoms with Crippen molar-refractivity contribution < 1.29 is 14.7 Å². The Morgan fingerprint density at radius 2 is 1.82 bits per heavy atom. The first-order valence-electron chi connectivity index (χ1n) is 7.08. The summed E-state index contributed by atoms with van der Waals surface area (Å²) in [5.41, 5.74) is -0.0590. The van der Waals surface area contributed by atoms with Crippen LogP contribution in [0.3, 0.4) is 0 Å². The number of piperazine rings is 1. The molecule has 22 heavy (non-hydrogen) atoms. The molecule has 3 amide bonds. The highest BCUT2D eigenvalue weighted by atomic mass is 16.3. The molecule has 1 aliphatic rings. The molecule has 1 unspecified atom stereocenters. The molecule has 8 heteroatoms. The van der Waals surface area contributed by atoms with Crippen molar-refractivity contribution in [1.29, 1.82) is 0 Å². The van der Waals surface area contributed by atoms with E-state index in [-0.39, 0.29) is 23.2 Å². The Balaban J connectivity index is 1.94. The number of rotatable bonds is 2. The summed E-state index contributed by atoms with van der Waals surface area (Å²) < 4.78 is 1.38. The lowest BCUT2D eigenvalue weighted by atomic mass is 10.2. The number of aliphatic hydroxyl groups is 1. The van der Waals surface area contributed by atoms with Gasteiger partial charge in [-0.15, -0.1) is 0 Å². The number of aromatic nitrogens is 1. The van der Waals surface area contributed by atoms with Crippen molar-refractivity contribution in [2.24, 2.45) is 7.05 Å². The van der Waals surface area contributed by atoms with Gasteiger partial charge < -0.3 is 24.8 Å². The molecule has 0 bridgehead atoms. The predicted molar refractivity (Wildman–Crippen MR) is 80.5 cm³/mol. The van der Waals surface area contributed by atoms with Gasteiger partial charge in [-0.1, -0.05) is 0 Å². The third kappa shape index (κ3) is 3.45. The number of amides is 3. The van der Waals surface area contributed by atoms with Crippen molar-refractivity contribution in [2.75, 3.05) is 31.5 Å². The minimum atomic E-state index is -1.03. The average molecular weight is 308 g/mol. The summed E-state index contributed by atoms with van der Waals surface area (Å²) in [6.07, 6.45) is 0.575. The second-order valence-corrected chi connectivity index (χ2v) is 5.26. The SMILES string of the molecule is CC(O)C(=O)N1CCN(C(=O)Nc2cccn(C)c2=O)CC1. The number of aryl methyl sites for hydroxylation is 1. The van der Waals surface area contributed by atoms with Crippen LogP contribution in [-0.4, -0.2) is 63.7 Å². The molecule has 1 aromatic rings. The summed E-state index contributed by atoms with van der Waals surface area (Å²) in [6, 6.07) is 2.86. The number of hydrogen-bond donors (Lipinski definition) is 2. The van der Waals surface area contributed by atoms with Crippen LogP contribution in [0.2, 0.25) is 0 Å². The van der Waals surface area contributed by atoms with E-state index in [2.05, 4.69) is 5.32 Å². The molecular weight excluding hydrogens is 288 g/mol. The fraction of sp³-hybridized carbons (Fsp3) is 0.500. The van der Waals surface area contributed by atoms with Gasteiger partial charge in [0, 0.05) is 39.4 Å². The number of carbonyl (C=O) groups excluding carboxylic acids is 2.